The number of benzene rings is 3. The van der Waals surface area contributed by atoms with Crippen LogP contribution in [0.4, 0.5) is 5.69 Å². The molecule has 0 radical (unpaired) electrons. The molecule has 0 aromatic heterocycles. The van der Waals surface area contributed by atoms with Crippen molar-refractivity contribution in [1.29, 1.82) is 0 Å². The largest absolute Gasteiger partial charge is 0.496 e. The molecule has 3 aromatic rings. The molecule has 0 bridgehead atoms. The molecule has 0 fully saturated rings. The Morgan fingerprint density at radius 1 is 0.933 bits per heavy atom. The zero-order valence-corrected chi connectivity index (χ0v) is 17.1. The van der Waals surface area contributed by atoms with Gasteiger partial charge in [0.15, 0.2) is 0 Å². The molecule has 0 saturated carbocycles. The molecule has 6 heteroatoms. The molecule has 0 unspecified atom stereocenters. The summed E-state index contributed by atoms with van der Waals surface area (Å²) < 4.78 is 16.0. The third-order valence-corrected chi connectivity index (χ3v) is 4.54. The second-order valence-electron chi connectivity index (χ2n) is 6.62. The summed E-state index contributed by atoms with van der Waals surface area (Å²) in [5.74, 6) is 0.469. The van der Waals surface area contributed by atoms with Gasteiger partial charge in [-0.1, -0.05) is 29.8 Å². The van der Waals surface area contributed by atoms with Crippen molar-refractivity contribution >= 4 is 17.6 Å². The SMILES string of the molecule is COC(=O)c1ccccc1NC(=O)c1ccc(OC)c(COc2ccc(C)cc2)c1. The molecule has 154 valence electrons. The minimum absolute atomic E-state index is 0.242. The summed E-state index contributed by atoms with van der Waals surface area (Å²) in [6, 6.07) is 19.5. The van der Waals surface area contributed by atoms with Gasteiger partial charge < -0.3 is 19.5 Å². The second-order valence-corrected chi connectivity index (χ2v) is 6.62. The average Bonchev–Trinajstić information content (AvgIpc) is 2.78. The van der Waals surface area contributed by atoms with Gasteiger partial charge in [0, 0.05) is 11.1 Å². The molecule has 0 saturated heterocycles. The fourth-order valence-electron chi connectivity index (χ4n) is 2.90. The molecular formula is C24H23NO5. The van der Waals surface area contributed by atoms with E-state index in [4.69, 9.17) is 14.2 Å². The Labute approximate surface area is 175 Å². The summed E-state index contributed by atoms with van der Waals surface area (Å²) in [6.45, 7) is 2.25. The highest BCUT2D eigenvalue weighted by atomic mass is 16.5. The molecule has 0 aliphatic heterocycles. The van der Waals surface area contributed by atoms with Gasteiger partial charge in [0.25, 0.3) is 5.91 Å². The molecule has 6 nitrogen and oxygen atoms in total. The van der Waals surface area contributed by atoms with Gasteiger partial charge in [0.05, 0.1) is 25.5 Å². The van der Waals surface area contributed by atoms with E-state index in [2.05, 4.69) is 5.32 Å². The predicted molar refractivity (Wildman–Crippen MR) is 114 cm³/mol. The minimum Gasteiger partial charge on any atom is -0.496 e. The number of para-hydroxylation sites is 1. The van der Waals surface area contributed by atoms with Crippen molar-refractivity contribution in [1.82, 2.24) is 0 Å². The number of nitrogens with one attached hydrogen (secondary N) is 1. The van der Waals surface area contributed by atoms with E-state index in [9.17, 15) is 9.59 Å². The summed E-state index contributed by atoms with van der Waals surface area (Å²) in [5, 5.41) is 2.77. The first-order valence-corrected chi connectivity index (χ1v) is 9.37. The number of rotatable bonds is 7. The number of hydrogen-bond donors (Lipinski definition) is 1. The lowest BCUT2D eigenvalue weighted by molar-refractivity contribution is 0.0602. The molecular weight excluding hydrogens is 382 g/mol. The highest BCUT2D eigenvalue weighted by Crippen LogP contribution is 2.24. The Morgan fingerprint density at radius 3 is 2.37 bits per heavy atom. The van der Waals surface area contributed by atoms with Gasteiger partial charge >= 0.3 is 5.97 Å². The fourth-order valence-corrected chi connectivity index (χ4v) is 2.90. The number of carbonyl (C=O) groups excluding carboxylic acids is 2. The third-order valence-electron chi connectivity index (χ3n) is 4.54. The zero-order chi connectivity index (χ0) is 21.5. The van der Waals surface area contributed by atoms with Gasteiger partial charge in [-0.2, -0.15) is 0 Å². The number of esters is 1. The Hall–Kier alpha value is -3.80. The van der Waals surface area contributed by atoms with Gasteiger partial charge in [-0.15, -0.1) is 0 Å². The molecule has 1 N–H and O–H groups in total. The monoisotopic (exact) mass is 405 g/mol. The quantitative estimate of drug-likeness (QED) is 0.581. The average molecular weight is 405 g/mol. The maximum atomic E-state index is 12.8. The summed E-state index contributed by atoms with van der Waals surface area (Å²) in [6.07, 6.45) is 0. The molecule has 0 atom stereocenters. The van der Waals surface area contributed by atoms with Crippen LogP contribution >= 0.6 is 0 Å². The molecule has 30 heavy (non-hydrogen) atoms. The Kier molecular flexibility index (Phi) is 6.70. The second kappa shape index (κ2) is 9.60. The summed E-state index contributed by atoms with van der Waals surface area (Å²) in [7, 11) is 2.86. The van der Waals surface area contributed by atoms with Gasteiger partial charge in [0.2, 0.25) is 0 Å². The number of aryl methyl sites for hydroxylation is 1. The topological polar surface area (TPSA) is 73.9 Å². The molecule has 3 aromatic carbocycles. The van der Waals surface area contributed by atoms with Crippen LogP contribution < -0.4 is 14.8 Å². The van der Waals surface area contributed by atoms with Crippen molar-refractivity contribution in [3.05, 3.63) is 89.0 Å². The smallest absolute Gasteiger partial charge is 0.339 e. The summed E-state index contributed by atoms with van der Waals surface area (Å²) in [4.78, 5) is 24.7. The number of amides is 1. The van der Waals surface area contributed by atoms with Crippen LogP contribution in [0.1, 0.15) is 31.8 Å². The highest BCUT2D eigenvalue weighted by Gasteiger charge is 2.16. The van der Waals surface area contributed by atoms with Crippen LogP contribution in [0.3, 0.4) is 0 Å². The first-order valence-electron chi connectivity index (χ1n) is 9.37. The van der Waals surface area contributed by atoms with Crippen molar-refractivity contribution in [3.8, 4) is 11.5 Å². The van der Waals surface area contributed by atoms with Gasteiger partial charge in [-0.05, 0) is 49.4 Å². The number of methoxy groups -OCH3 is 2. The van der Waals surface area contributed by atoms with Gasteiger partial charge in [-0.3, -0.25) is 4.79 Å². The summed E-state index contributed by atoms with van der Waals surface area (Å²) >= 11 is 0. The van der Waals surface area contributed by atoms with E-state index in [1.807, 2.05) is 31.2 Å². The summed E-state index contributed by atoms with van der Waals surface area (Å²) in [5.41, 5.74) is 2.95. The van der Waals surface area contributed by atoms with Crippen molar-refractivity contribution < 1.29 is 23.8 Å². The Balaban J connectivity index is 1.79. The number of hydrogen-bond acceptors (Lipinski definition) is 5. The zero-order valence-electron chi connectivity index (χ0n) is 17.1. The third kappa shape index (κ3) is 4.97. The molecule has 0 spiro atoms. The molecule has 1 amide bonds. The first kappa shape index (κ1) is 20.9. The van der Waals surface area contributed by atoms with Crippen LogP contribution in [-0.2, 0) is 11.3 Å². The van der Waals surface area contributed by atoms with Crippen LogP contribution in [-0.4, -0.2) is 26.1 Å². The van der Waals surface area contributed by atoms with E-state index in [-0.39, 0.29) is 18.1 Å². The van der Waals surface area contributed by atoms with Crippen molar-refractivity contribution in [2.75, 3.05) is 19.5 Å². The first-order chi connectivity index (χ1) is 14.5. The number of ether oxygens (including phenoxy) is 3. The molecule has 3 rings (SSSR count). The van der Waals surface area contributed by atoms with E-state index in [0.29, 0.717) is 17.0 Å². The van der Waals surface area contributed by atoms with E-state index in [1.54, 1.807) is 49.6 Å². The minimum atomic E-state index is -0.521. The van der Waals surface area contributed by atoms with E-state index in [0.717, 1.165) is 16.9 Å². The maximum Gasteiger partial charge on any atom is 0.339 e. The standard InChI is InChI=1S/C24H23NO5/c1-16-8-11-19(12-9-16)30-15-18-14-17(10-13-22(18)28-2)23(26)25-21-7-5-4-6-20(21)24(27)29-3/h4-14H,15H2,1-3H3,(H,25,26). The van der Waals surface area contributed by atoms with Gasteiger partial charge in [0.1, 0.15) is 18.1 Å². The number of anilines is 1. The van der Waals surface area contributed by atoms with Crippen LogP contribution in [0.25, 0.3) is 0 Å². The lowest BCUT2D eigenvalue weighted by Gasteiger charge is -2.13. The van der Waals surface area contributed by atoms with Crippen LogP contribution in [0.15, 0.2) is 66.7 Å². The fraction of sp³-hybridized carbons (Fsp3) is 0.167. The van der Waals surface area contributed by atoms with E-state index < -0.39 is 5.97 Å². The van der Waals surface area contributed by atoms with Crippen LogP contribution in [0.5, 0.6) is 11.5 Å². The molecule has 0 aliphatic carbocycles. The molecule has 0 heterocycles. The van der Waals surface area contributed by atoms with E-state index >= 15 is 0 Å². The van der Waals surface area contributed by atoms with Crippen molar-refractivity contribution in [2.24, 2.45) is 0 Å². The van der Waals surface area contributed by atoms with Crippen molar-refractivity contribution in [2.45, 2.75) is 13.5 Å². The maximum absolute atomic E-state index is 12.8. The number of carbonyl (C=O) groups is 2. The van der Waals surface area contributed by atoms with Crippen LogP contribution in [0.2, 0.25) is 0 Å². The Bertz CT molecular complexity index is 1040. The van der Waals surface area contributed by atoms with E-state index in [1.165, 1.54) is 7.11 Å². The molecule has 0 aliphatic rings. The van der Waals surface area contributed by atoms with Crippen molar-refractivity contribution in [3.63, 3.8) is 0 Å². The predicted octanol–water partition coefficient (Wildman–Crippen LogP) is 4.62. The lowest BCUT2D eigenvalue weighted by Crippen LogP contribution is -2.16. The van der Waals surface area contributed by atoms with Gasteiger partial charge in [-0.25, -0.2) is 4.79 Å². The normalized spacial score (nSPS) is 10.2. The Morgan fingerprint density at radius 2 is 1.67 bits per heavy atom. The van der Waals surface area contributed by atoms with Crippen LogP contribution in [0, 0.1) is 6.92 Å². The highest BCUT2D eigenvalue weighted by molar-refractivity contribution is 6.08. The lowest BCUT2D eigenvalue weighted by atomic mass is 10.1.